The Bertz CT molecular complexity index is 1480. The molecule has 2 aliphatic rings. The van der Waals surface area contributed by atoms with Crippen molar-refractivity contribution in [3.05, 3.63) is 72.0 Å². The predicted molar refractivity (Wildman–Crippen MR) is 153 cm³/mol. The molecular formula is C30H32FN7O. The van der Waals surface area contributed by atoms with Crippen LogP contribution in [0.25, 0.3) is 22.3 Å². The standard InChI is InChI=1S/C30H32FN7O/c1-20-5-4-8-24(19-20)33-30(39)38-17-15-37(16-18-38)28-27-26(35-29(36-28)32-23-6-2-3-7-23)14-13-25(34-27)21-9-11-22(31)12-10-21/h4-5,8-14,19,23H,2-3,6-7,15-18H2,1H3,(H,33,39)(H,32,35,36). The van der Waals surface area contributed by atoms with Crippen LogP contribution in [-0.2, 0) is 0 Å². The van der Waals surface area contributed by atoms with Crippen LogP contribution in [0.15, 0.2) is 60.7 Å². The fourth-order valence-corrected chi connectivity index (χ4v) is 5.36. The first-order valence-electron chi connectivity index (χ1n) is 13.6. The van der Waals surface area contributed by atoms with Crippen LogP contribution in [0, 0.1) is 12.7 Å². The van der Waals surface area contributed by atoms with Crippen molar-refractivity contribution in [2.45, 2.75) is 38.6 Å². The molecule has 0 atom stereocenters. The van der Waals surface area contributed by atoms with Crippen molar-refractivity contribution in [3.8, 4) is 11.3 Å². The van der Waals surface area contributed by atoms with Crippen molar-refractivity contribution >= 4 is 34.5 Å². The first-order valence-corrected chi connectivity index (χ1v) is 13.6. The number of piperazine rings is 1. The zero-order valence-corrected chi connectivity index (χ0v) is 22.0. The number of urea groups is 1. The van der Waals surface area contributed by atoms with Gasteiger partial charge in [0.2, 0.25) is 5.95 Å². The lowest BCUT2D eigenvalue weighted by Crippen LogP contribution is -2.50. The second-order valence-electron chi connectivity index (χ2n) is 10.3. The number of benzene rings is 2. The lowest BCUT2D eigenvalue weighted by molar-refractivity contribution is 0.208. The average molecular weight is 526 g/mol. The maximum atomic E-state index is 13.5. The van der Waals surface area contributed by atoms with Crippen LogP contribution in [0.4, 0.5) is 26.6 Å². The van der Waals surface area contributed by atoms with E-state index in [-0.39, 0.29) is 11.8 Å². The van der Waals surface area contributed by atoms with Gasteiger partial charge in [-0.15, -0.1) is 0 Å². The van der Waals surface area contributed by atoms with E-state index in [4.69, 9.17) is 15.0 Å². The van der Waals surface area contributed by atoms with Gasteiger partial charge in [-0.3, -0.25) is 0 Å². The second-order valence-corrected chi connectivity index (χ2v) is 10.3. The summed E-state index contributed by atoms with van der Waals surface area (Å²) < 4.78 is 13.5. The first kappa shape index (κ1) is 25.0. The smallest absolute Gasteiger partial charge is 0.321 e. The molecule has 39 heavy (non-hydrogen) atoms. The van der Waals surface area contributed by atoms with Crippen LogP contribution in [0.3, 0.4) is 0 Å². The number of nitrogens with one attached hydrogen (secondary N) is 2. The highest BCUT2D eigenvalue weighted by atomic mass is 19.1. The molecule has 4 aromatic rings. The number of nitrogens with zero attached hydrogens (tertiary/aromatic N) is 5. The number of carbonyl (C=O) groups is 1. The Balaban J connectivity index is 1.26. The summed E-state index contributed by atoms with van der Waals surface area (Å²) in [4.78, 5) is 31.6. The molecule has 1 aliphatic heterocycles. The first-order chi connectivity index (χ1) is 19.0. The van der Waals surface area contributed by atoms with Crippen molar-refractivity contribution in [1.82, 2.24) is 19.9 Å². The number of hydrogen-bond acceptors (Lipinski definition) is 6. The largest absolute Gasteiger partial charge is 0.351 e. The predicted octanol–water partition coefficient (Wildman–Crippen LogP) is 5.85. The van der Waals surface area contributed by atoms with E-state index in [1.165, 1.54) is 25.0 Å². The lowest BCUT2D eigenvalue weighted by Gasteiger charge is -2.35. The van der Waals surface area contributed by atoms with E-state index in [0.29, 0.717) is 43.7 Å². The van der Waals surface area contributed by atoms with E-state index in [2.05, 4.69) is 15.5 Å². The normalized spacial score (nSPS) is 16.1. The van der Waals surface area contributed by atoms with E-state index in [1.807, 2.05) is 48.2 Å². The molecule has 2 fully saturated rings. The zero-order valence-electron chi connectivity index (χ0n) is 22.0. The van der Waals surface area contributed by atoms with Gasteiger partial charge in [0.05, 0.1) is 11.2 Å². The third kappa shape index (κ3) is 5.62. The summed E-state index contributed by atoms with van der Waals surface area (Å²) in [5.41, 5.74) is 4.92. The molecule has 2 aromatic heterocycles. The summed E-state index contributed by atoms with van der Waals surface area (Å²) in [6.45, 7) is 4.38. The zero-order chi connectivity index (χ0) is 26.8. The van der Waals surface area contributed by atoms with Gasteiger partial charge in [0.1, 0.15) is 11.3 Å². The topological polar surface area (TPSA) is 86.3 Å². The molecule has 0 radical (unpaired) electrons. The summed E-state index contributed by atoms with van der Waals surface area (Å²) >= 11 is 0. The van der Waals surface area contributed by atoms with Gasteiger partial charge in [0.25, 0.3) is 0 Å². The molecular weight excluding hydrogens is 493 g/mol. The van der Waals surface area contributed by atoms with Gasteiger partial charge < -0.3 is 20.4 Å². The number of hydrogen-bond donors (Lipinski definition) is 2. The van der Waals surface area contributed by atoms with E-state index < -0.39 is 0 Å². The Hall–Kier alpha value is -4.27. The Morgan fingerprint density at radius 2 is 1.69 bits per heavy atom. The highest BCUT2D eigenvalue weighted by Crippen LogP contribution is 2.30. The number of aromatic nitrogens is 3. The maximum Gasteiger partial charge on any atom is 0.321 e. The number of rotatable bonds is 5. The van der Waals surface area contributed by atoms with Crippen LogP contribution in [0.1, 0.15) is 31.2 Å². The van der Waals surface area contributed by atoms with Crippen LogP contribution in [0.2, 0.25) is 0 Å². The number of anilines is 3. The van der Waals surface area contributed by atoms with Crippen molar-refractivity contribution in [2.24, 2.45) is 0 Å². The molecule has 6 rings (SSSR count). The van der Waals surface area contributed by atoms with Crippen molar-refractivity contribution in [3.63, 3.8) is 0 Å². The van der Waals surface area contributed by atoms with Crippen molar-refractivity contribution in [2.75, 3.05) is 41.7 Å². The molecule has 8 nitrogen and oxygen atoms in total. The van der Waals surface area contributed by atoms with Gasteiger partial charge >= 0.3 is 6.03 Å². The SMILES string of the molecule is Cc1cccc(NC(=O)N2CCN(c3nc(NC4CCCC4)nc4ccc(-c5ccc(F)cc5)nc34)CC2)c1. The van der Waals surface area contributed by atoms with Gasteiger partial charge in [0.15, 0.2) is 5.82 Å². The third-order valence-electron chi connectivity index (χ3n) is 7.49. The van der Waals surface area contributed by atoms with Gasteiger partial charge in [-0.25, -0.2) is 19.2 Å². The minimum Gasteiger partial charge on any atom is -0.351 e. The summed E-state index contributed by atoms with van der Waals surface area (Å²) in [6, 6.07) is 18.3. The molecule has 1 saturated heterocycles. The Kier molecular flexibility index (Phi) is 6.96. The van der Waals surface area contributed by atoms with E-state index in [9.17, 15) is 9.18 Å². The molecule has 1 aliphatic carbocycles. The number of aryl methyl sites for hydroxylation is 1. The molecule has 0 unspecified atom stereocenters. The van der Waals surface area contributed by atoms with Gasteiger partial charge in [-0.2, -0.15) is 4.98 Å². The van der Waals surface area contributed by atoms with Crippen LogP contribution >= 0.6 is 0 Å². The maximum absolute atomic E-state index is 13.5. The molecule has 0 spiro atoms. The minimum absolute atomic E-state index is 0.104. The average Bonchev–Trinajstić information content (AvgIpc) is 3.46. The van der Waals surface area contributed by atoms with E-state index in [0.717, 1.165) is 46.7 Å². The van der Waals surface area contributed by atoms with Crippen LogP contribution < -0.4 is 15.5 Å². The van der Waals surface area contributed by atoms with E-state index in [1.54, 1.807) is 12.1 Å². The van der Waals surface area contributed by atoms with Gasteiger partial charge in [0, 0.05) is 43.5 Å². The molecule has 9 heteroatoms. The van der Waals surface area contributed by atoms with Crippen molar-refractivity contribution in [1.29, 1.82) is 0 Å². The fourth-order valence-electron chi connectivity index (χ4n) is 5.36. The van der Waals surface area contributed by atoms with Gasteiger partial charge in [-0.1, -0.05) is 25.0 Å². The number of halogens is 1. The van der Waals surface area contributed by atoms with Gasteiger partial charge in [-0.05, 0) is 73.9 Å². The number of fused-ring (bicyclic) bond motifs is 1. The molecule has 0 bridgehead atoms. The lowest BCUT2D eigenvalue weighted by atomic mass is 10.1. The number of pyridine rings is 1. The highest BCUT2D eigenvalue weighted by Gasteiger charge is 2.25. The van der Waals surface area contributed by atoms with Crippen LogP contribution in [-0.4, -0.2) is 58.1 Å². The molecule has 2 aromatic carbocycles. The molecule has 1 saturated carbocycles. The van der Waals surface area contributed by atoms with E-state index >= 15 is 0 Å². The third-order valence-corrected chi connectivity index (χ3v) is 7.49. The second kappa shape index (κ2) is 10.8. The fraction of sp³-hybridized carbons (Fsp3) is 0.333. The number of carbonyl (C=O) groups excluding carboxylic acids is 1. The van der Waals surface area contributed by atoms with Crippen LogP contribution in [0.5, 0.6) is 0 Å². The molecule has 2 N–H and O–H groups in total. The summed E-state index contributed by atoms with van der Waals surface area (Å²) in [6.07, 6.45) is 4.67. The Morgan fingerprint density at radius 3 is 2.44 bits per heavy atom. The summed E-state index contributed by atoms with van der Waals surface area (Å²) in [5.74, 6) is 1.08. The monoisotopic (exact) mass is 525 g/mol. The molecule has 3 heterocycles. The molecule has 200 valence electrons. The summed E-state index contributed by atoms with van der Waals surface area (Å²) in [7, 11) is 0. The summed E-state index contributed by atoms with van der Waals surface area (Å²) in [5, 5.41) is 6.54. The molecule has 2 amide bonds. The quantitative estimate of drug-likeness (QED) is 0.340. The Morgan fingerprint density at radius 1 is 0.923 bits per heavy atom. The Labute approximate surface area is 227 Å². The minimum atomic E-state index is -0.282. The van der Waals surface area contributed by atoms with Crippen molar-refractivity contribution < 1.29 is 9.18 Å². The highest BCUT2D eigenvalue weighted by molar-refractivity contribution is 5.91. The number of amides is 2.